The maximum atomic E-state index is 11.8. The third-order valence-corrected chi connectivity index (χ3v) is 5.17. The number of guanidine groups is 1. The minimum atomic E-state index is -0.255. The van der Waals surface area contributed by atoms with E-state index in [-0.39, 0.29) is 42.0 Å². The van der Waals surface area contributed by atoms with E-state index >= 15 is 0 Å². The fraction of sp³-hybridized carbons (Fsp3) is 0.647. The van der Waals surface area contributed by atoms with E-state index in [0.717, 1.165) is 12.8 Å². The lowest BCUT2D eigenvalue weighted by atomic mass is 9.94. The van der Waals surface area contributed by atoms with E-state index in [1.165, 1.54) is 9.78 Å². The summed E-state index contributed by atoms with van der Waals surface area (Å²) in [6.07, 6.45) is 1.68. The van der Waals surface area contributed by atoms with Crippen molar-refractivity contribution in [1.29, 1.82) is 0 Å². The van der Waals surface area contributed by atoms with Crippen LogP contribution in [0.1, 0.15) is 17.7 Å². The van der Waals surface area contributed by atoms with E-state index in [0.29, 0.717) is 32.3 Å². The second kappa shape index (κ2) is 11.7. The summed E-state index contributed by atoms with van der Waals surface area (Å²) >= 11 is 1.68. The molecule has 148 valence electrons. The molecule has 0 bridgehead atoms. The van der Waals surface area contributed by atoms with Crippen molar-refractivity contribution in [2.45, 2.75) is 25.0 Å². The Balaban J connectivity index is 0.00000338. The molecule has 0 unspecified atom stereocenters. The van der Waals surface area contributed by atoms with Crippen molar-refractivity contribution in [3.05, 3.63) is 22.4 Å². The SMILES string of the molecule is COC1(CNC(=NCC(=O)N(C)C)NCc2cccs2)CCOCC1.I. The molecule has 2 heterocycles. The number of hydrogen-bond donors (Lipinski definition) is 2. The van der Waals surface area contributed by atoms with Gasteiger partial charge in [-0.2, -0.15) is 0 Å². The Kier molecular flexibility index (Phi) is 10.4. The van der Waals surface area contributed by atoms with Crippen LogP contribution in [0.15, 0.2) is 22.5 Å². The number of aliphatic imine (C=N–C) groups is 1. The van der Waals surface area contributed by atoms with Crippen molar-refractivity contribution in [2.75, 3.05) is 47.5 Å². The first-order chi connectivity index (χ1) is 12.0. The van der Waals surface area contributed by atoms with Crippen molar-refractivity contribution in [3.8, 4) is 0 Å². The molecule has 1 aromatic rings. The number of ether oxygens (including phenoxy) is 2. The molecule has 2 N–H and O–H groups in total. The molecule has 0 aromatic carbocycles. The number of amides is 1. The van der Waals surface area contributed by atoms with E-state index in [1.807, 2.05) is 11.4 Å². The van der Waals surface area contributed by atoms with Crippen LogP contribution in [0.3, 0.4) is 0 Å². The van der Waals surface area contributed by atoms with E-state index in [1.54, 1.807) is 32.5 Å². The lowest BCUT2D eigenvalue weighted by Gasteiger charge is -2.36. The molecule has 1 aromatic heterocycles. The molecule has 26 heavy (non-hydrogen) atoms. The predicted molar refractivity (Wildman–Crippen MR) is 115 cm³/mol. The van der Waals surface area contributed by atoms with Gasteiger partial charge < -0.3 is 25.0 Å². The fourth-order valence-corrected chi connectivity index (χ4v) is 3.13. The van der Waals surface area contributed by atoms with Crippen molar-refractivity contribution < 1.29 is 14.3 Å². The number of hydrogen-bond acceptors (Lipinski definition) is 5. The highest BCUT2D eigenvalue weighted by molar-refractivity contribution is 14.0. The van der Waals surface area contributed by atoms with Gasteiger partial charge in [-0.1, -0.05) is 6.07 Å². The topological polar surface area (TPSA) is 75.2 Å². The van der Waals surface area contributed by atoms with Crippen LogP contribution < -0.4 is 10.6 Å². The van der Waals surface area contributed by atoms with E-state index in [4.69, 9.17) is 9.47 Å². The summed E-state index contributed by atoms with van der Waals surface area (Å²) in [6, 6.07) is 4.08. The lowest BCUT2D eigenvalue weighted by molar-refractivity contribution is -0.127. The molecule has 0 spiro atoms. The summed E-state index contributed by atoms with van der Waals surface area (Å²) in [5, 5.41) is 8.66. The van der Waals surface area contributed by atoms with Gasteiger partial charge in [0.2, 0.25) is 5.91 Å². The zero-order valence-electron chi connectivity index (χ0n) is 15.6. The van der Waals surface area contributed by atoms with Gasteiger partial charge in [0.15, 0.2) is 5.96 Å². The van der Waals surface area contributed by atoms with Crippen LogP contribution >= 0.6 is 35.3 Å². The van der Waals surface area contributed by atoms with E-state index < -0.39 is 0 Å². The zero-order valence-corrected chi connectivity index (χ0v) is 18.8. The second-order valence-electron chi connectivity index (χ2n) is 6.24. The van der Waals surface area contributed by atoms with Gasteiger partial charge in [0.05, 0.1) is 12.1 Å². The van der Waals surface area contributed by atoms with Crippen LogP contribution in [0.5, 0.6) is 0 Å². The van der Waals surface area contributed by atoms with Crippen LogP contribution in [0.25, 0.3) is 0 Å². The van der Waals surface area contributed by atoms with Gasteiger partial charge in [-0.25, -0.2) is 4.99 Å². The molecule has 1 amide bonds. The van der Waals surface area contributed by atoms with Gasteiger partial charge in [0.25, 0.3) is 0 Å². The molecule has 1 aliphatic rings. The standard InChI is InChI=1S/C17H28N4O3S.HI/c1-21(2)15(22)12-19-16(18-11-14-5-4-10-25-14)20-13-17(23-3)6-8-24-9-7-17;/h4-5,10H,6-9,11-13H2,1-3H3,(H2,18,19,20);1H. The Hall–Kier alpha value is -0.910. The normalized spacial score (nSPS) is 16.5. The Morgan fingerprint density at radius 3 is 2.69 bits per heavy atom. The van der Waals surface area contributed by atoms with Gasteiger partial charge in [0.1, 0.15) is 6.54 Å². The minimum absolute atomic E-state index is 0. The van der Waals surface area contributed by atoms with Gasteiger partial charge in [0, 0.05) is 58.7 Å². The predicted octanol–water partition coefficient (Wildman–Crippen LogP) is 1.69. The van der Waals surface area contributed by atoms with Gasteiger partial charge in [-0.05, 0) is 11.4 Å². The summed E-state index contributed by atoms with van der Waals surface area (Å²) in [5.41, 5.74) is -0.255. The maximum absolute atomic E-state index is 11.8. The number of nitrogens with one attached hydrogen (secondary N) is 2. The Morgan fingerprint density at radius 2 is 2.12 bits per heavy atom. The van der Waals surface area contributed by atoms with Crippen molar-refractivity contribution in [2.24, 2.45) is 4.99 Å². The van der Waals surface area contributed by atoms with Crippen LogP contribution in [0.4, 0.5) is 0 Å². The summed E-state index contributed by atoms with van der Waals surface area (Å²) in [7, 11) is 5.19. The van der Waals surface area contributed by atoms with Crippen molar-refractivity contribution in [3.63, 3.8) is 0 Å². The fourth-order valence-electron chi connectivity index (χ4n) is 2.49. The number of likely N-dealkylation sites (N-methyl/N-ethyl adjacent to an activating group) is 1. The largest absolute Gasteiger partial charge is 0.381 e. The number of halogens is 1. The van der Waals surface area contributed by atoms with Crippen LogP contribution in [-0.2, 0) is 20.8 Å². The van der Waals surface area contributed by atoms with Gasteiger partial charge in [-0.15, -0.1) is 35.3 Å². The molecule has 1 aliphatic heterocycles. The smallest absolute Gasteiger partial charge is 0.243 e. The molecule has 1 saturated heterocycles. The first kappa shape index (κ1) is 23.1. The molecule has 7 nitrogen and oxygen atoms in total. The number of rotatable bonds is 7. The molecular weight excluding hydrogens is 467 g/mol. The lowest BCUT2D eigenvalue weighted by Crippen LogP contribution is -2.50. The van der Waals surface area contributed by atoms with Crippen LogP contribution in [0, 0.1) is 0 Å². The van der Waals surface area contributed by atoms with Crippen molar-refractivity contribution in [1.82, 2.24) is 15.5 Å². The number of carbonyl (C=O) groups excluding carboxylic acids is 1. The minimum Gasteiger partial charge on any atom is -0.381 e. The number of methoxy groups -OCH3 is 1. The third kappa shape index (κ3) is 7.37. The summed E-state index contributed by atoms with van der Waals surface area (Å²) in [5.74, 6) is 0.580. The first-order valence-corrected chi connectivity index (χ1v) is 9.30. The van der Waals surface area contributed by atoms with Gasteiger partial charge >= 0.3 is 0 Å². The van der Waals surface area contributed by atoms with Crippen LogP contribution in [0.2, 0.25) is 0 Å². The molecule has 0 aliphatic carbocycles. The van der Waals surface area contributed by atoms with Gasteiger partial charge in [-0.3, -0.25) is 4.79 Å². The monoisotopic (exact) mass is 496 g/mol. The first-order valence-electron chi connectivity index (χ1n) is 8.42. The molecule has 2 rings (SSSR count). The van der Waals surface area contributed by atoms with E-state index in [9.17, 15) is 4.79 Å². The Morgan fingerprint density at radius 1 is 1.38 bits per heavy atom. The highest BCUT2D eigenvalue weighted by Crippen LogP contribution is 2.23. The molecule has 0 radical (unpaired) electrons. The molecule has 9 heteroatoms. The number of nitrogens with zero attached hydrogens (tertiary/aromatic N) is 2. The Labute approximate surface area is 176 Å². The third-order valence-electron chi connectivity index (χ3n) is 4.30. The Bertz CT molecular complexity index is 560. The average Bonchev–Trinajstić information content (AvgIpc) is 3.15. The average molecular weight is 496 g/mol. The highest BCUT2D eigenvalue weighted by Gasteiger charge is 2.32. The molecule has 0 atom stereocenters. The second-order valence-corrected chi connectivity index (χ2v) is 7.27. The molecular formula is C17H29IN4O3S. The quantitative estimate of drug-likeness (QED) is 0.342. The summed E-state index contributed by atoms with van der Waals surface area (Å²) in [4.78, 5) is 19.0. The number of thiophene rings is 1. The van der Waals surface area contributed by atoms with E-state index in [2.05, 4.69) is 21.7 Å². The zero-order chi connectivity index (χ0) is 18.1. The molecule has 1 fully saturated rings. The van der Waals surface area contributed by atoms with Crippen molar-refractivity contribution >= 4 is 47.2 Å². The number of carbonyl (C=O) groups is 1. The maximum Gasteiger partial charge on any atom is 0.243 e. The summed E-state index contributed by atoms with van der Waals surface area (Å²) < 4.78 is 11.2. The molecule has 0 saturated carbocycles. The highest BCUT2D eigenvalue weighted by atomic mass is 127. The summed E-state index contributed by atoms with van der Waals surface area (Å²) in [6.45, 7) is 2.80. The van der Waals surface area contributed by atoms with Crippen LogP contribution in [-0.4, -0.2) is 69.9 Å².